The largest absolute Gasteiger partial charge is 0.455 e. The van der Waals surface area contributed by atoms with Gasteiger partial charge in [-0.3, -0.25) is 0 Å². The third-order valence-corrected chi connectivity index (χ3v) is 10.1. The van der Waals surface area contributed by atoms with Crippen LogP contribution in [0.3, 0.4) is 0 Å². The molecule has 55 heavy (non-hydrogen) atoms. The van der Waals surface area contributed by atoms with Crippen molar-refractivity contribution < 1.29 is 4.42 Å². The van der Waals surface area contributed by atoms with Gasteiger partial charge in [0.2, 0.25) is 0 Å². The van der Waals surface area contributed by atoms with Crippen molar-refractivity contribution in [3.63, 3.8) is 0 Å². The minimum atomic E-state index is 0.605. The van der Waals surface area contributed by atoms with Gasteiger partial charge in [0.1, 0.15) is 11.2 Å². The summed E-state index contributed by atoms with van der Waals surface area (Å²) < 4.78 is 6.86. The Kier molecular flexibility index (Phi) is 8.12. The number of rotatable bonds is 7. The number of hydrogen-bond acceptors (Lipinski definition) is 4. The van der Waals surface area contributed by atoms with Gasteiger partial charge in [-0.25, -0.2) is 15.0 Å². The first-order valence-electron chi connectivity index (χ1n) is 18.4. The van der Waals surface area contributed by atoms with Crippen LogP contribution in [0.5, 0.6) is 0 Å². The van der Waals surface area contributed by atoms with Gasteiger partial charge in [-0.15, -0.1) is 0 Å². The first kappa shape index (κ1) is 32.2. The van der Waals surface area contributed by atoms with Crippen LogP contribution in [0.2, 0.25) is 0 Å². The number of hydrogen-bond donors (Lipinski definition) is 0. The quantitative estimate of drug-likeness (QED) is 0.166. The van der Waals surface area contributed by atoms with Crippen molar-refractivity contribution in [2.45, 2.75) is 0 Å². The van der Waals surface area contributed by atoms with E-state index in [4.69, 9.17) is 19.4 Å². The van der Waals surface area contributed by atoms with Gasteiger partial charge in [0.15, 0.2) is 17.5 Å². The first-order chi connectivity index (χ1) is 27.2. The van der Waals surface area contributed by atoms with Gasteiger partial charge >= 0.3 is 0 Å². The van der Waals surface area contributed by atoms with Crippen LogP contribution in [0, 0.1) is 0 Å². The maximum Gasteiger partial charge on any atom is 0.164 e. The number of furan rings is 1. The van der Waals surface area contributed by atoms with Crippen molar-refractivity contribution in [1.82, 2.24) is 15.0 Å². The molecule has 2 heterocycles. The molecule has 0 atom stereocenters. The number of nitrogens with zero attached hydrogens (tertiary/aromatic N) is 3. The zero-order valence-electron chi connectivity index (χ0n) is 29.8. The highest BCUT2D eigenvalue weighted by atomic mass is 16.3. The van der Waals surface area contributed by atoms with Crippen LogP contribution in [0.15, 0.2) is 205 Å². The predicted molar refractivity (Wildman–Crippen MR) is 225 cm³/mol. The minimum absolute atomic E-state index is 0.605. The van der Waals surface area contributed by atoms with Crippen LogP contribution in [0.4, 0.5) is 0 Å². The molecule has 258 valence electrons. The zero-order chi connectivity index (χ0) is 36.6. The lowest BCUT2D eigenvalue weighted by Crippen LogP contribution is -2.00. The highest BCUT2D eigenvalue weighted by Crippen LogP contribution is 2.43. The molecule has 0 radical (unpaired) electrons. The number of benzene rings is 8. The molecule has 10 rings (SSSR count). The lowest BCUT2D eigenvalue weighted by molar-refractivity contribution is 0.670. The first-order valence-corrected chi connectivity index (χ1v) is 18.4. The lowest BCUT2D eigenvalue weighted by atomic mass is 9.93. The molecule has 0 N–H and O–H groups in total. The van der Waals surface area contributed by atoms with Crippen LogP contribution in [-0.2, 0) is 0 Å². The van der Waals surface area contributed by atoms with Gasteiger partial charge in [-0.2, -0.15) is 0 Å². The molecule has 0 aliphatic heterocycles. The van der Waals surface area contributed by atoms with E-state index in [9.17, 15) is 0 Å². The van der Waals surface area contributed by atoms with E-state index in [1.54, 1.807) is 0 Å². The summed E-state index contributed by atoms with van der Waals surface area (Å²) in [6, 6.07) is 69.2. The van der Waals surface area contributed by atoms with E-state index >= 15 is 0 Å². The van der Waals surface area contributed by atoms with Crippen LogP contribution < -0.4 is 0 Å². The molecule has 0 bridgehead atoms. The third kappa shape index (κ3) is 6.16. The Hall–Kier alpha value is -7.43. The maximum absolute atomic E-state index is 6.86. The van der Waals surface area contributed by atoms with Crippen molar-refractivity contribution >= 4 is 21.9 Å². The topological polar surface area (TPSA) is 51.8 Å². The van der Waals surface area contributed by atoms with Crippen molar-refractivity contribution in [1.29, 1.82) is 0 Å². The smallest absolute Gasteiger partial charge is 0.164 e. The summed E-state index contributed by atoms with van der Waals surface area (Å²) in [4.78, 5) is 15.1. The normalized spacial score (nSPS) is 11.3. The third-order valence-electron chi connectivity index (χ3n) is 10.1. The molecule has 0 saturated carbocycles. The van der Waals surface area contributed by atoms with E-state index in [1.165, 1.54) is 5.56 Å². The monoisotopic (exact) mass is 703 g/mol. The minimum Gasteiger partial charge on any atom is -0.455 e. The molecule has 4 heteroatoms. The summed E-state index contributed by atoms with van der Waals surface area (Å²) in [6.45, 7) is 0. The SMILES string of the molecule is c1ccc(-c2ccc(-c3nc(-c4ccccc4)nc(-c4cccc(-c5cccc6c5oc5cc(-c7ccccc7)cc(-c7ccccc7)c56)c4)n3)cc2)cc1. The van der Waals surface area contributed by atoms with E-state index in [0.717, 1.165) is 77.6 Å². The van der Waals surface area contributed by atoms with Crippen molar-refractivity contribution in [2.75, 3.05) is 0 Å². The molecule has 0 aliphatic rings. The summed E-state index contributed by atoms with van der Waals surface area (Å²) in [7, 11) is 0. The Labute approximate surface area is 319 Å². The molecule has 4 nitrogen and oxygen atoms in total. The highest BCUT2D eigenvalue weighted by Gasteiger charge is 2.19. The van der Waals surface area contributed by atoms with E-state index in [2.05, 4.69) is 158 Å². The Morgan fingerprint density at radius 1 is 0.291 bits per heavy atom. The average Bonchev–Trinajstić information content (AvgIpc) is 3.66. The number of fused-ring (bicyclic) bond motifs is 3. The predicted octanol–water partition coefficient (Wildman–Crippen LogP) is 13.4. The molecule has 0 fully saturated rings. The molecule has 0 amide bonds. The fraction of sp³-hybridized carbons (Fsp3) is 0. The Balaban J connectivity index is 1.11. The second kappa shape index (κ2) is 13.8. The highest BCUT2D eigenvalue weighted by molar-refractivity contribution is 6.16. The Morgan fingerprint density at radius 2 is 0.745 bits per heavy atom. The molecular formula is C51H33N3O. The van der Waals surface area contributed by atoms with Gasteiger partial charge in [0.05, 0.1) is 0 Å². The van der Waals surface area contributed by atoms with Crippen LogP contribution in [-0.4, -0.2) is 15.0 Å². The van der Waals surface area contributed by atoms with Gasteiger partial charge in [-0.1, -0.05) is 182 Å². The molecular weight excluding hydrogens is 671 g/mol. The summed E-state index contributed by atoms with van der Waals surface area (Å²) >= 11 is 0. The molecule has 10 aromatic rings. The van der Waals surface area contributed by atoms with Crippen LogP contribution in [0.1, 0.15) is 0 Å². The molecule has 2 aromatic heterocycles. The standard InChI is InChI=1S/C51H33N3O/c1-5-15-34(16-6-1)36-27-29-39(30-28-36)50-52-49(38-21-11-4-12-22-38)53-51(54-50)41-24-13-23-40(31-41)43-25-14-26-44-47-45(37-19-9-3-10-20-37)32-42(33-46(47)55-48(43)44)35-17-7-2-8-18-35/h1-33H. The van der Waals surface area contributed by atoms with Crippen molar-refractivity contribution in [3.05, 3.63) is 200 Å². The van der Waals surface area contributed by atoms with E-state index < -0.39 is 0 Å². The van der Waals surface area contributed by atoms with E-state index in [1.807, 2.05) is 42.5 Å². The van der Waals surface area contributed by atoms with E-state index in [-0.39, 0.29) is 0 Å². The van der Waals surface area contributed by atoms with Gasteiger partial charge in [0.25, 0.3) is 0 Å². The molecule has 0 aliphatic carbocycles. The molecule has 0 unspecified atom stereocenters. The number of para-hydroxylation sites is 1. The van der Waals surface area contributed by atoms with Crippen LogP contribution >= 0.6 is 0 Å². The zero-order valence-corrected chi connectivity index (χ0v) is 29.8. The molecule has 0 saturated heterocycles. The van der Waals surface area contributed by atoms with Gasteiger partial charge < -0.3 is 4.42 Å². The van der Waals surface area contributed by atoms with Gasteiger partial charge in [0, 0.05) is 33.0 Å². The Morgan fingerprint density at radius 3 is 1.38 bits per heavy atom. The molecule has 0 spiro atoms. The van der Waals surface area contributed by atoms with E-state index in [0.29, 0.717) is 17.5 Å². The second-order valence-corrected chi connectivity index (χ2v) is 13.6. The van der Waals surface area contributed by atoms with Crippen molar-refractivity contribution in [3.8, 4) is 78.7 Å². The van der Waals surface area contributed by atoms with Crippen LogP contribution in [0.25, 0.3) is 101 Å². The second-order valence-electron chi connectivity index (χ2n) is 13.6. The lowest BCUT2D eigenvalue weighted by Gasteiger charge is -2.10. The fourth-order valence-electron chi connectivity index (χ4n) is 7.42. The van der Waals surface area contributed by atoms with Gasteiger partial charge in [-0.05, 0) is 57.1 Å². The fourth-order valence-corrected chi connectivity index (χ4v) is 7.42. The molecule has 8 aromatic carbocycles. The Bertz CT molecular complexity index is 2940. The number of aromatic nitrogens is 3. The summed E-state index contributed by atoms with van der Waals surface area (Å²) in [5, 5.41) is 2.18. The summed E-state index contributed by atoms with van der Waals surface area (Å²) in [5.41, 5.74) is 13.3. The summed E-state index contributed by atoms with van der Waals surface area (Å²) in [5.74, 6) is 1.85. The average molecular weight is 704 g/mol. The summed E-state index contributed by atoms with van der Waals surface area (Å²) in [6.07, 6.45) is 0. The van der Waals surface area contributed by atoms with Crippen molar-refractivity contribution in [2.24, 2.45) is 0 Å². The maximum atomic E-state index is 6.86.